The Hall–Kier alpha value is -1.78. The molecule has 1 saturated heterocycles. The van der Waals surface area contributed by atoms with Gasteiger partial charge >= 0.3 is 5.97 Å². The smallest absolute Gasteiger partial charge is 0.306 e. The lowest BCUT2D eigenvalue weighted by Gasteiger charge is -2.34. The van der Waals surface area contributed by atoms with Gasteiger partial charge in [0.05, 0.1) is 29.4 Å². The topological polar surface area (TPSA) is 111 Å². The number of nitrogens with zero attached hydrogens (tertiary/aromatic N) is 1. The summed E-state index contributed by atoms with van der Waals surface area (Å²) in [6.45, 7) is 13.8. The summed E-state index contributed by atoms with van der Waals surface area (Å²) >= 11 is 0. The SMILES string of the molecule is CCCC(CC)N1CCNCC1.CC[C@](C)(O)C1C=CC(S(=O)c2cccc(OCCC(=O)O)c2)NC1. The molecule has 0 bridgehead atoms. The van der Waals surface area contributed by atoms with Gasteiger partial charge in [0.1, 0.15) is 11.1 Å². The van der Waals surface area contributed by atoms with Gasteiger partial charge in [0.25, 0.3) is 0 Å². The Kier molecular flexibility index (Phi) is 13.8. The molecule has 4 unspecified atom stereocenters. The van der Waals surface area contributed by atoms with E-state index >= 15 is 0 Å². The first-order chi connectivity index (χ1) is 17.7. The van der Waals surface area contributed by atoms with Crippen molar-refractivity contribution in [2.75, 3.05) is 39.3 Å². The van der Waals surface area contributed by atoms with Gasteiger partial charge in [0.2, 0.25) is 0 Å². The summed E-state index contributed by atoms with van der Waals surface area (Å²) in [7, 11) is -1.31. The monoisotopic (exact) mass is 537 g/mol. The van der Waals surface area contributed by atoms with E-state index in [2.05, 4.69) is 29.4 Å². The maximum atomic E-state index is 12.7. The first kappa shape index (κ1) is 31.4. The number of carboxylic acids is 1. The lowest BCUT2D eigenvalue weighted by Crippen LogP contribution is -2.48. The summed E-state index contributed by atoms with van der Waals surface area (Å²) < 4.78 is 18.1. The third-order valence-electron chi connectivity index (χ3n) is 7.19. The molecule has 0 spiro atoms. The minimum Gasteiger partial charge on any atom is -0.493 e. The largest absolute Gasteiger partial charge is 0.493 e. The highest BCUT2D eigenvalue weighted by molar-refractivity contribution is 7.85. The number of hydrogen-bond donors (Lipinski definition) is 4. The molecule has 2 aliphatic heterocycles. The van der Waals surface area contributed by atoms with Crippen molar-refractivity contribution < 1.29 is 24.0 Å². The van der Waals surface area contributed by atoms with Crippen molar-refractivity contribution in [1.29, 1.82) is 0 Å². The summed E-state index contributed by atoms with van der Waals surface area (Å²) in [5, 5.41) is 25.2. The second kappa shape index (κ2) is 16.2. The summed E-state index contributed by atoms with van der Waals surface area (Å²) in [6, 6.07) is 7.71. The number of aliphatic carboxylic acids is 1. The number of benzene rings is 1. The van der Waals surface area contributed by atoms with Gasteiger partial charge in [-0.15, -0.1) is 0 Å². The first-order valence-corrected chi connectivity index (χ1v) is 14.9. The van der Waals surface area contributed by atoms with Crippen LogP contribution < -0.4 is 15.4 Å². The predicted octanol–water partition coefficient (Wildman–Crippen LogP) is 3.38. The number of rotatable bonds is 12. The highest BCUT2D eigenvalue weighted by Crippen LogP contribution is 2.26. The molecule has 5 atom stereocenters. The second-order valence-corrected chi connectivity index (χ2v) is 11.5. The van der Waals surface area contributed by atoms with Crippen LogP contribution in [0.25, 0.3) is 0 Å². The Balaban J connectivity index is 0.000000335. The summed E-state index contributed by atoms with van der Waals surface area (Å²) in [6.07, 6.45) is 8.33. The highest BCUT2D eigenvalue weighted by atomic mass is 32.2. The summed E-state index contributed by atoms with van der Waals surface area (Å²) in [5.74, 6) is -0.441. The van der Waals surface area contributed by atoms with Crippen LogP contribution in [0.2, 0.25) is 0 Å². The third-order valence-corrected chi connectivity index (χ3v) is 8.69. The molecule has 0 aliphatic carbocycles. The fourth-order valence-electron chi connectivity index (χ4n) is 4.57. The van der Waals surface area contributed by atoms with Crippen molar-refractivity contribution in [2.45, 2.75) is 81.7 Å². The van der Waals surface area contributed by atoms with Gasteiger partial charge in [0.15, 0.2) is 0 Å². The van der Waals surface area contributed by atoms with Crippen molar-refractivity contribution in [3.05, 3.63) is 36.4 Å². The van der Waals surface area contributed by atoms with Crippen LogP contribution >= 0.6 is 0 Å². The van der Waals surface area contributed by atoms with E-state index in [0.717, 1.165) is 6.04 Å². The predicted molar refractivity (Wildman–Crippen MR) is 149 cm³/mol. The van der Waals surface area contributed by atoms with Gasteiger partial charge in [-0.1, -0.05) is 45.4 Å². The van der Waals surface area contributed by atoms with Crippen LogP contribution in [-0.4, -0.2) is 81.6 Å². The van der Waals surface area contributed by atoms with E-state index in [1.807, 2.05) is 19.1 Å². The molecule has 2 heterocycles. The number of piperazine rings is 1. The molecular weight excluding hydrogens is 490 g/mol. The maximum Gasteiger partial charge on any atom is 0.306 e. The van der Waals surface area contributed by atoms with Gasteiger partial charge in [-0.3, -0.25) is 19.2 Å². The molecule has 9 heteroatoms. The van der Waals surface area contributed by atoms with E-state index < -0.39 is 22.4 Å². The molecule has 210 valence electrons. The Morgan fingerprint density at radius 2 is 1.97 bits per heavy atom. The molecule has 1 aromatic carbocycles. The molecule has 0 saturated carbocycles. The molecule has 2 aliphatic rings. The van der Waals surface area contributed by atoms with Gasteiger partial charge in [-0.2, -0.15) is 0 Å². The lowest BCUT2D eigenvalue weighted by atomic mass is 9.85. The van der Waals surface area contributed by atoms with Gasteiger partial charge in [-0.25, -0.2) is 0 Å². The second-order valence-electron chi connectivity index (χ2n) is 9.93. The third kappa shape index (κ3) is 10.5. The number of hydrogen-bond acceptors (Lipinski definition) is 7. The molecule has 3 rings (SSSR count). The summed E-state index contributed by atoms with van der Waals surface area (Å²) in [5.41, 5.74) is -0.784. The van der Waals surface area contributed by atoms with E-state index in [-0.39, 0.29) is 24.3 Å². The Morgan fingerprint density at radius 1 is 1.24 bits per heavy atom. The fourth-order valence-corrected chi connectivity index (χ4v) is 5.79. The zero-order valence-electron chi connectivity index (χ0n) is 22.9. The molecule has 0 aromatic heterocycles. The highest BCUT2D eigenvalue weighted by Gasteiger charge is 2.32. The zero-order valence-corrected chi connectivity index (χ0v) is 23.8. The number of carbonyl (C=O) groups is 1. The van der Waals surface area contributed by atoms with Crippen LogP contribution in [0.1, 0.15) is 59.8 Å². The fraction of sp³-hybridized carbons (Fsp3) is 0.679. The molecule has 1 aromatic rings. The van der Waals surface area contributed by atoms with E-state index in [0.29, 0.717) is 23.6 Å². The first-order valence-electron chi connectivity index (χ1n) is 13.7. The zero-order chi connectivity index (χ0) is 27.3. The molecule has 0 amide bonds. The lowest BCUT2D eigenvalue weighted by molar-refractivity contribution is -0.137. The molecule has 8 nitrogen and oxygen atoms in total. The number of carboxylic acid groups (broad SMARTS) is 1. The molecule has 4 N–H and O–H groups in total. The van der Waals surface area contributed by atoms with Crippen LogP contribution in [0.5, 0.6) is 5.75 Å². The minimum atomic E-state index is -1.31. The van der Waals surface area contributed by atoms with E-state index in [1.165, 1.54) is 45.4 Å². The van der Waals surface area contributed by atoms with Crippen LogP contribution in [-0.2, 0) is 15.6 Å². The molecule has 37 heavy (non-hydrogen) atoms. The average molecular weight is 538 g/mol. The molecule has 1 fully saturated rings. The van der Waals surface area contributed by atoms with Crippen LogP contribution in [0.15, 0.2) is 41.3 Å². The number of nitrogens with one attached hydrogen (secondary N) is 2. The van der Waals surface area contributed by atoms with E-state index in [1.54, 1.807) is 31.2 Å². The van der Waals surface area contributed by atoms with E-state index in [4.69, 9.17) is 9.84 Å². The van der Waals surface area contributed by atoms with Crippen molar-refractivity contribution in [1.82, 2.24) is 15.5 Å². The van der Waals surface area contributed by atoms with Crippen molar-refractivity contribution >= 4 is 16.8 Å². The van der Waals surface area contributed by atoms with Gasteiger partial charge in [-0.05, 0) is 44.4 Å². The Labute approximate surface area is 225 Å². The van der Waals surface area contributed by atoms with Gasteiger partial charge < -0.3 is 20.3 Å². The Morgan fingerprint density at radius 3 is 2.54 bits per heavy atom. The maximum absolute atomic E-state index is 12.7. The average Bonchev–Trinajstić information content (AvgIpc) is 2.92. The number of ether oxygens (including phenoxy) is 1. The van der Waals surface area contributed by atoms with Crippen molar-refractivity contribution in [3.63, 3.8) is 0 Å². The molecule has 0 radical (unpaired) electrons. The van der Waals surface area contributed by atoms with Gasteiger partial charge in [0, 0.05) is 49.6 Å². The van der Waals surface area contributed by atoms with Crippen LogP contribution in [0.3, 0.4) is 0 Å². The van der Waals surface area contributed by atoms with Crippen molar-refractivity contribution in [3.8, 4) is 5.75 Å². The quantitative estimate of drug-likeness (QED) is 0.300. The Bertz CT molecular complexity index is 870. The van der Waals surface area contributed by atoms with Crippen molar-refractivity contribution in [2.24, 2.45) is 5.92 Å². The summed E-state index contributed by atoms with van der Waals surface area (Å²) in [4.78, 5) is 13.8. The molecular formula is C28H47N3O5S. The van der Waals surface area contributed by atoms with E-state index in [9.17, 15) is 14.1 Å². The standard InChI is InChI=1S/C18H25NO5S.C10H22N2/c1-3-18(2,22)13-7-8-16(19-12-13)25(23)15-6-4-5-14(11-15)24-10-9-17(20)21;1-3-5-10(4-2)12-8-6-11-7-9-12/h4-8,11,13,16,19,22H,3,9-10,12H2,1-2H3,(H,20,21);10-11H,3-9H2,1-2H3/t13?,16?,18-,25?;/m0./s1. The van der Waals surface area contributed by atoms with Crippen LogP contribution in [0, 0.1) is 5.92 Å². The van der Waals surface area contributed by atoms with Crippen LogP contribution in [0.4, 0.5) is 0 Å². The normalized spacial score (nSPS) is 23.3. The number of aliphatic hydroxyl groups is 1. The minimum absolute atomic E-state index is 0.0172.